The summed E-state index contributed by atoms with van der Waals surface area (Å²) in [4.78, 5) is 23.4. The Kier molecular flexibility index (Phi) is 5.06. The topological polar surface area (TPSA) is 64.0 Å². The Bertz CT molecular complexity index is 813. The van der Waals surface area contributed by atoms with E-state index in [9.17, 15) is 22.8 Å². The van der Waals surface area contributed by atoms with Gasteiger partial charge < -0.3 is 5.32 Å². The Labute approximate surface area is 136 Å². The van der Waals surface area contributed by atoms with Crippen LogP contribution in [0.1, 0.15) is 11.1 Å². The molecule has 1 N–H and O–H groups in total. The number of carbonyl (C=O) groups is 1. The van der Waals surface area contributed by atoms with E-state index in [-0.39, 0.29) is 0 Å². The van der Waals surface area contributed by atoms with Gasteiger partial charge in [0.15, 0.2) is 0 Å². The van der Waals surface area contributed by atoms with Crippen molar-refractivity contribution in [2.45, 2.75) is 26.6 Å². The van der Waals surface area contributed by atoms with Gasteiger partial charge in [-0.15, -0.1) is 0 Å². The average Bonchev–Trinajstić information content (AvgIpc) is 2.49. The Balaban J connectivity index is 2.24. The Morgan fingerprint density at radius 2 is 1.92 bits per heavy atom. The number of hydrogen-bond acceptors (Lipinski definition) is 3. The predicted molar refractivity (Wildman–Crippen MR) is 82.5 cm³/mol. The second-order valence-electron chi connectivity index (χ2n) is 5.42. The molecule has 0 radical (unpaired) electrons. The van der Waals surface area contributed by atoms with Gasteiger partial charge in [0.05, 0.1) is 5.69 Å². The van der Waals surface area contributed by atoms with Crippen molar-refractivity contribution in [1.82, 2.24) is 15.1 Å². The van der Waals surface area contributed by atoms with Gasteiger partial charge in [-0.3, -0.25) is 9.59 Å². The molecule has 1 aromatic carbocycles. The zero-order valence-corrected chi connectivity index (χ0v) is 13.1. The third kappa shape index (κ3) is 4.68. The molecule has 0 bridgehead atoms. The number of aryl methyl sites for hydroxylation is 2. The molecule has 0 aliphatic carbocycles. The molecule has 1 heterocycles. The summed E-state index contributed by atoms with van der Waals surface area (Å²) in [5.41, 5.74) is 2.63. The van der Waals surface area contributed by atoms with Crippen molar-refractivity contribution in [2.24, 2.45) is 0 Å². The van der Waals surface area contributed by atoms with E-state index < -0.39 is 30.7 Å². The summed E-state index contributed by atoms with van der Waals surface area (Å²) in [5, 5.41) is 5.81. The van der Waals surface area contributed by atoms with E-state index in [0.717, 1.165) is 21.4 Å². The maximum absolute atomic E-state index is 12.1. The molecule has 0 aliphatic heterocycles. The summed E-state index contributed by atoms with van der Waals surface area (Å²) in [6, 6.07) is 8.48. The molecule has 24 heavy (non-hydrogen) atoms. The molecule has 2 aromatic rings. The van der Waals surface area contributed by atoms with Crippen molar-refractivity contribution in [3.63, 3.8) is 0 Å². The number of aromatic nitrogens is 2. The van der Waals surface area contributed by atoms with Gasteiger partial charge in [-0.1, -0.05) is 17.7 Å². The molecule has 2 rings (SSSR count). The van der Waals surface area contributed by atoms with Crippen molar-refractivity contribution in [3.05, 3.63) is 51.8 Å². The van der Waals surface area contributed by atoms with Crippen molar-refractivity contribution in [2.75, 3.05) is 6.54 Å². The average molecular weight is 339 g/mol. The minimum atomic E-state index is -4.51. The van der Waals surface area contributed by atoms with Crippen LogP contribution in [0.25, 0.3) is 11.3 Å². The van der Waals surface area contributed by atoms with Gasteiger partial charge in [-0.25, -0.2) is 4.68 Å². The summed E-state index contributed by atoms with van der Waals surface area (Å²) in [5.74, 6) is -0.931. The summed E-state index contributed by atoms with van der Waals surface area (Å²) >= 11 is 0. The molecular formula is C16H16F3N3O2. The zero-order valence-electron chi connectivity index (χ0n) is 13.1. The number of nitrogens with zero attached hydrogens (tertiary/aromatic N) is 2. The van der Waals surface area contributed by atoms with E-state index in [1.165, 1.54) is 12.1 Å². The van der Waals surface area contributed by atoms with Gasteiger partial charge in [-0.2, -0.15) is 18.3 Å². The van der Waals surface area contributed by atoms with Gasteiger partial charge in [0.25, 0.3) is 5.56 Å². The number of carbonyl (C=O) groups excluding carboxylic acids is 1. The quantitative estimate of drug-likeness (QED) is 0.929. The van der Waals surface area contributed by atoms with Crippen LogP contribution in [-0.2, 0) is 11.3 Å². The molecule has 0 unspecified atom stereocenters. The third-order valence-electron chi connectivity index (χ3n) is 3.32. The van der Waals surface area contributed by atoms with Crippen LogP contribution in [-0.4, -0.2) is 28.4 Å². The predicted octanol–water partition coefficient (Wildman–Crippen LogP) is 2.21. The first-order valence-electron chi connectivity index (χ1n) is 7.15. The molecule has 0 saturated heterocycles. The van der Waals surface area contributed by atoms with E-state index >= 15 is 0 Å². The fraction of sp³-hybridized carbons (Fsp3) is 0.312. The molecule has 0 atom stereocenters. The highest BCUT2D eigenvalue weighted by atomic mass is 19.4. The molecule has 5 nitrogen and oxygen atoms in total. The minimum Gasteiger partial charge on any atom is -0.345 e. The summed E-state index contributed by atoms with van der Waals surface area (Å²) in [6.45, 7) is 1.76. The number of halogens is 3. The lowest BCUT2D eigenvalue weighted by molar-refractivity contribution is -0.138. The van der Waals surface area contributed by atoms with Crippen molar-refractivity contribution in [3.8, 4) is 11.3 Å². The molecule has 0 aliphatic rings. The minimum absolute atomic E-state index is 0.472. The molecule has 0 fully saturated rings. The van der Waals surface area contributed by atoms with E-state index in [4.69, 9.17) is 0 Å². The maximum atomic E-state index is 12.1. The molecule has 0 saturated carbocycles. The summed E-state index contributed by atoms with van der Waals surface area (Å²) in [6.07, 6.45) is -4.51. The SMILES string of the molecule is Cc1ccc(C)c(-c2ccc(=O)n(CC(=O)NCC(F)(F)F)n2)c1. The zero-order chi connectivity index (χ0) is 17.9. The summed E-state index contributed by atoms with van der Waals surface area (Å²) < 4.78 is 37.2. The van der Waals surface area contributed by atoms with Crippen molar-refractivity contribution < 1.29 is 18.0 Å². The van der Waals surface area contributed by atoms with Gasteiger partial charge in [0, 0.05) is 11.6 Å². The first kappa shape index (κ1) is 17.7. The van der Waals surface area contributed by atoms with E-state index in [0.29, 0.717) is 5.69 Å². The molecular weight excluding hydrogens is 323 g/mol. The highest BCUT2D eigenvalue weighted by Crippen LogP contribution is 2.21. The third-order valence-corrected chi connectivity index (χ3v) is 3.32. The van der Waals surface area contributed by atoms with Crippen LogP contribution in [0.3, 0.4) is 0 Å². The van der Waals surface area contributed by atoms with Crippen molar-refractivity contribution in [1.29, 1.82) is 0 Å². The number of rotatable bonds is 4. The summed E-state index contributed by atoms with van der Waals surface area (Å²) in [7, 11) is 0. The van der Waals surface area contributed by atoms with Crippen LogP contribution in [0.15, 0.2) is 35.1 Å². The van der Waals surface area contributed by atoms with Crippen LogP contribution in [0.4, 0.5) is 13.2 Å². The van der Waals surface area contributed by atoms with E-state index in [1.54, 1.807) is 5.32 Å². The normalized spacial score (nSPS) is 11.4. The van der Waals surface area contributed by atoms with Crippen LogP contribution < -0.4 is 10.9 Å². The highest BCUT2D eigenvalue weighted by molar-refractivity contribution is 5.75. The first-order chi connectivity index (χ1) is 11.2. The molecule has 1 amide bonds. The lowest BCUT2D eigenvalue weighted by Gasteiger charge is -2.11. The second-order valence-corrected chi connectivity index (χ2v) is 5.42. The maximum Gasteiger partial charge on any atom is 0.405 e. The Morgan fingerprint density at radius 1 is 1.21 bits per heavy atom. The number of hydrogen-bond donors (Lipinski definition) is 1. The van der Waals surface area contributed by atoms with Crippen LogP contribution in [0.2, 0.25) is 0 Å². The van der Waals surface area contributed by atoms with Crippen molar-refractivity contribution >= 4 is 5.91 Å². The Morgan fingerprint density at radius 3 is 2.58 bits per heavy atom. The Hall–Kier alpha value is -2.64. The number of alkyl halides is 3. The lowest BCUT2D eigenvalue weighted by atomic mass is 10.0. The monoisotopic (exact) mass is 339 g/mol. The van der Waals surface area contributed by atoms with E-state index in [1.807, 2.05) is 32.0 Å². The van der Waals surface area contributed by atoms with Crippen LogP contribution in [0.5, 0.6) is 0 Å². The lowest BCUT2D eigenvalue weighted by Crippen LogP contribution is -2.38. The standard InChI is InChI=1S/C16H16F3N3O2/c1-10-3-4-11(2)12(7-10)13-5-6-15(24)22(21-13)8-14(23)20-9-16(17,18)19/h3-7H,8-9H2,1-2H3,(H,20,23). The smallest absolute Gasteiger partial charge is 0.345 e. The number of nitrogens with one attached hydrogen (secondary N) is 1. The van der Waals surface area contributed by atoms with E-state index in [2.05, 4.69) is 5.10 Å². The first-order valence-corrected chi connectivity index (χ1v) is 7.15. The van der Waals surface area contributed by atoms with Crippen LogP contribution in [0, 0.1) is 13.8 Å². The van der Waals surface area contributed by atoms with Gasteiger partial charge in [0.2, 0.25) is 5.91 Å². The largest absolute Gasteiger partial charge is 0.405 e. The second kappa shape index (κ2) is 6.86. The molecule has 8 heteroatoms. The van der Waals surface area contributed by atoms with Gasteiger partial charge >= 0.3 is 6.18 Å². The van der Waals surface area contributed by atoms with Gasteiger partial charge in [0.1, 0.15) is 13.1 Å². The fourth-order valence-corrected chi connectivity index (χ4v) is 2.11. The van der Waals surface area contributed by atoms with Crippen LogP contribution >= 0.6 is 0 Å². The molecule has 0 spiro atoms. The fourth-order valence-electron chi connectivity index (χ4n) is 2.11. The highest BCUT2D eigenvalue weighted by Gasteiger charge is 2.27. The van der Waals surface area contributed by atoms with Gasteiger partial charge in [-0.05, 0) is 31.5 Å². The number of amides is 1. The number of benzene rings is 1. The molecule has 1 aromatic heterocycles. The molecule has 128 valence electrons.